The Morgan fingerprint density at radius 3 is 1.36 bits per heavy atom. The maximum absolute atomic E-state index is 4.26. The van der Waals surface area contributed by atoms with Gasteiger partial charge in [0.1, 0.15) is 0 Å². The van der Waals surface area contributed by atoms with E-state index in [0.29, 0.717) is 0 Å². The van der Waals surface area contributed by atoms with Crippen molar-refractivity contribution in [1.29, 1.82) is 0 Å². The van der Waals surface area contributed by atoms with Gasteiger partial charge in [-0.05, 0) is 55.4 Å². The molecule has 3 heteroatoms. The van der Waals surface area contributed by atoms with Crippen molar-refractivity contribution in [3.8, 4) is 0 Å². The van der Waals surface area contributed by atoms with Crippen molar-refractivity contribution in [1.82, 2.24) is 0 Å². The van der Waals surface area contributed by atoms with Gasteiger partial charge in [0.05, 0.1) is 0 Å². The monoisotopic (exact) mass is 451 g/mol. The minimum atomic E-state index is -0.446. The van der Waals surface area contributed by atoms with E-state index < -0.39 is 7.92 Å². The van der Waals surface area contributed by atoms with Crippen molar-refractivity contribution in [3.63, 3.8) is 0 Å². The SMILES string of the molecule is CC[C]1[CH]CCC1.[Cl][Ni].c1ccc(P(c2ccccc2)c2ccccc2)cc1. The van der Waals surface area contributed by atoms with Crippen molar-refractivity contribution in [2.24, 2.45) is 0 Å². The summed E-state index contributed by atoms with van der Waals surface area (Å²) in [5, 5.41) is 4.19. The Labute approximate surface area is 184 Å². The van der Waals surface area contributed by atoms with Gasteiger partial charge < -0.3 is 0 Å². The molecule has 0 N–H and O–H groups in total. The normalized spacial score (nSPS) is 13.3. The third-order valence-electron chi connectivity index (χ3n) is 4.63. The zero-order valence-electron chi connectivity index (χ0n) is 16.2. The second-order valence-electron chi connectivity index (χ2n) is 6.45. The van der Waals surface area contributed by atoms with Gasteiger partial charge in [-0.1, -0.05) is 104 Å². The summed E-state index contributed by atoms with van der Waals surface area (Å²) in [6.07, 6.45) is 7.77. The van der Waals surface area contributed by atoms with E-state index in [9.17, 15) is 0 Å². The molecule has 4 rings (SSSR count). The summed E-state index contributed by atoms with van der Waals surface area (Å²) in [5.41, 5.74) is 0. The van der Waals surface area contributed by atoms with E-state index in [4.69, 9.17) is 0 Å². The Morgan fingerprint density at radius 2 is 1.11 bits per heavy atom. The smallest absolute Gasteiger partial charge is 0.0134 e. The van der Waals surface area contributed by atoms with E-state index in [1.165, 1.54) is 41.6 Å². The van der Waals surface area contributed by atoms with Crippen molar-refractivity contribution in [2.75, 3.05) is 0 Å². The molecule has 3 aromatic carbocycles. The first kappa shape index (κ1) is 23.2. The predicted molar refractivity (Wildman–Crippen MR) is 123 cm³/mol. The van der Waals surface area contributed by atoms with Gasteiger partial charge in [0, 0.05) is 0 Å². The van der Waals surface area contributed by atoms with Crippen LogP contribution in [0.4, 0.5) is 0 Å². The Bertz CT molecular complexity index is 649. The minimum absolute atomic E-state index is 0.446. The maximum Gasteiger partial charge on any atom is -0.0134 e. The molecular weight excluding hydrogens is 425 g/mol. The molecule has 0 aliphatic heterocycles. The first-order chi connectivity index (χ1) is 13.9. The molecule has 1 aliphatic rings. The predicted octanol–water partition coefficient (Wildman–Crippen LogP) is 6.49. The van der Waals surface area contributed by atoms with Crippen LogP contribution in [0.3, 0.4) is 0 Å². The van der Waals surface area contributed by atoms with Crippen LogP contribution in [-0.4, -0.2) is 0 Å². The third kappa shape index (κ3) is 7.36. The molecule has 0 bridgehead atoms. The van der Waals surface area contributed by atoms with E-state index >= 15 is 0 Å². The topological polar surface area (TPSA) is 0 Å². The van der Waals surface area contributed by atoms with Crippen LogP contribution in [-0.2, 0) is 14.6 Å². The summed E-state index contributed by atoms with van der Waals surface area (Å²) in [7, 11) is 3.82. The van der Waals surface area contributed by atoms with Gasteiger partial charge in [0.2, 0.25) is 0 Å². The van der Waals surface area contributed by atoms with E-state index in [1.54, 1.807) is 5.92 Å². The van der Waals surface area contributed by atoms with Gasteiger partial charge in [-0.15, -0.1) is 0 Å². The Hall–Kier alpha value is -1.13. The largest absolute Gasteiger partial charge is 0.0622 e. The molecule has 1 aliphatic carbocycles. The average molecular weight is 453 g/mol. The first-order valence-corrected chi connectivity index (χ1v) is 12.3. The van der Waals surface area contributed by atoms with Crippen LogP contribution in [0.2, 0.25) is 0 Å². The number of benzene rings is 3. The van der Waals surface area contributed by atoms with Crippen LogP contribution in [0.5, 0.6) is 0 Å². The fourth-order valence-corrected chi connectivity index (χ4v) is 5.54. The van der Waals surface area contributed by atoms with Crippen LogP contribution in [0.1, 0.15) is 32.6 Å². The molecule has 0 atom stereocenters. The molecule has 28 heavy (non-hydrogen) atoms. The minimum Gasteiger partial charge on any atom is -0.0622 e. The van der Waals surface area contributed by atoms with Gasteiger partial charge in [0.15, 0.2) is 0 Å². The van der Waals surface area contributed by atoms with Crippen LogP contribution in [0.15, 0.2) is 91.0 Å². The molecular formula is C25H27ClNiP. The summed E-state index contributed by atoms with van der Waals surface area (Å²) >= 11 is 3.35. The van der Waals surface area contributed by atoms with Gasteiger partial charge in [-0.2, -0.15) is 0 Å². The maximum atomic E-state index is 4.26. The molecule has 0 heterocycles. The fourth-order valence-electron chi connectivity index (χ4n) is 3.24. The zero-order valence-corrected chi connectivity index (χ0v) is 18.8. The van der Waals surface area contributed by atoms with E-state index in [0.717, 1.165) is 0 Å². The van der Waals surface area contributed by atoms with Gasteiger partial charge in [-0.25, -0.2) is 0 Å². The summed E-state index contributed by atoms with van der Waals surface area (Å²) in [6, 6.07) is 32.3. The second kappa shape index (κ2) is 14.0. The van der Waals surface area contributed by atoms with Crippen LogP contribution < -0.4 is 15.9 Å². The molecule has 0 spiro atoms. The van der Waals surface area contributed by atoms with Crippen LogP contribution >= 0.6 is 18.1 Å². The van der Waals surface area contributed by atoms with E-state index in [-0.39, 0.29) is 0 Å². The molecule has 149 valence electrons. The molecule has 3 aromatic rings. The molecule has 0 nitrogen and oxygen atoms in total. The molecule has 0 aromatic heterocycles. The fraction of sp³-hybridized carbons (Fsp3) is 0.200. The number of rotatable bonds is 4. The molecule has 1 saturated carbocycles. The van der Waals surface area contributed by atoms with Crippen LogP contribution in [0, 0.1) is 12.3 Å². The van der Waals surface area contributed by atoms with Gasteiger partial charge in [0.25, 0.3) is 0 Å². The van der Waals surface area contributed by atoms with Crippen molar-refractivity contribution < 1.29 is 14.6 Å². The molecule has 0 unspecified atom stereocenters. The second-order valence-corrected chi connectivity index (χ2v) is 8.67. The van der Waals surface area contributed by atoms with Gasteiger partial charge in [-0.3, -0.25) is 0 Å². The summed E-state index contributed by atoms with van der Waals surface area (Å²) in [6.45, 7) is 2.23. The van der Waals surface area contributed by atoms with Crippen molar-refractivity contribution >= 4 is 34.0 Å². The van der Waals surface area contributed by atoms with Crippen molar-refractivity contribution in [2.45, 2.75) is 32.6 Å². The van der Waals surface area contributed by atoms with Crippen LogP contribution in [0.25, 0.3) is 0 Å². The van der Waals surface area contributed by atoms with Gasteiger partial charge >= 0.3 is 24.8 Å². The number of hydrogen-bond donors (Lipinski definition) is 0. The first-order valence-electron chi connectivity index (χ1n) is 9.63. The van der Waals surface area contributed by atoms with E-state index in [1.807, 2.05) is 0 Å². The van der Waals surface area contributed by atoms with Crippen molar-refractivity contribution in [3.05, 3.63) is 103 Å². The Morgan fingerprint density at radius 1 is 0.714 bits per heavy atom. The molecule has 0 amide bonds. The number of halogens is 1. The third-order valence-corrected chi connectivity index (χ3v) is 7.08. The average Bonchev–Trinajstić information content (AvgIpc) is 3.32. The van der Waals surface area contributed by atoms with E-state index in [2.05, 4.69) is 129 Å². The summed E-state index contributed by atoms with van der Waals surface area (Å²) in [5.74, 6) is 1.67. The quantitative estimate of drug-likeness (QED) is 0.313. The summed E-state index contributed by atoms with van der Waals surface area (Å²) < 4.78 is 0. The summed E-state index contributed by atoms with van der Waals surface area (Å²) in [4.78, 5) is 0. The Balaban J connectivity index is 0.000000261. The number of hydrogen-bond acceptors (Lipinski definition) is 0. The molecule has 2 radical (unpaired) electrons. The zero-order chi connectivity index (χ0) is 20.0. The standard InChI is InChI=1S/C18H15P.C7H12.ClH.Ni/c1-4-10-16(11-5-1)19(17-12-6-2-7-13-17)18-14-8-3-9-15-18;1-2-7-5-3-4-6-7;;/h1-15H;5H,2-4,6H2,1H3;1H;/q;;;+1/p-1. The molecule has 0 saturated heterocycles. The molecule has 1 fully saturated rings. The Kier molecular flexibility index (Phi) is 11.5.